The Balaban J connectivity index is 1.90. The fraction of sp³-hybridized carbons (Fsp3) is 0.500. The molecule has 1 unspecified atom stereocenters. The minimum atomic E-state index is -1.09. The number of hydrogen-bond donors (Lipinski definition) is 3. The van der Waals surface area contributed by atoms with Gasteiger partial charge in [-0.2, -0.15) is 0 Å². The highest BCUT2D eigenvalue weighted by Crippen LogP contribution is 2.26. The predicted molar refractivity (Wildman–Crippen MR) is 90.9 cm³/mol. The van der Waals surface area contributed by atoms with Crippen LogP contribution in [0.2, 0.25) is 0 Å². The number of carbonyl (C=O) groups excluding carboxylic acids is 2. The molecule has 2 amide bonds. The van der Waals surface area contributed by atoms with Crippen LogP contribution < -0.4 is 10.6 Å². The zero-order chi connectivity index (χ0) is 18.4. The van der Waals surface area contributed by atoms with Gasteiger partial charge >= 0.3 is 5.97 Å². The van der Waals surface area contributed by atoms with Crippen LogP contribution in [-0.4, -0.2) is 42.1 Å². The second-order valence-corrected chi connectivity index (χ2v) is 6.51. The SMILES string of the molecule is CC(C)C[C@H](NC(=O)CNC(=O)C1OCCc2ccccc21)C(=O)O. The number of carbonyl (C=O) groups is 3. The van der Waals surface area contributed by atoms with Crippen molar-refractivity contribution in [2.24, 2.45) is 5.92 Å². The number of hydrogen-bond acceptors (Lipinski definition) is 4. The average molecular weight is 348 g/mol. The minimum absolute atomic E-state index is 0.128. The van der Waals surface area contributed by atoms with Crippen molar-refractivity contribution in [2.75, 3.05) is 13.2 Å². The molecule has 1 aromatic rings. The van der Waals surface area contributed by atoms with Crippen LogP contribution >= 0.6 is 0 Å². The van der Waals surface area contributed by atoms with E-state index in [4.69, 9.17) is 9.84 Å². The van der Waals surface area contributed by atoms with Crippen LogP contribution in [0.5, 0.6) is 0 Å². The normalized spacial score (nSPS) is 17.5. The molecule has 7 heteroatoms. The summed E-state index contributed by atoms with van der Waals surface area (Å²) in [5.41, 5.74) is 1.86. The molecule has 7 nitrogen and oxygen atoms in total. The van der Waals surface area contributed by atoms with Crippen molar-refractivity contribution in [2.45, 2.75) is 38.8 Å². The number of carboxylic acids is 1. The van der Waals surface area contributed by atoms with E-state index in [9.17, 15) is 14.4 Å². The molecule has 1 aliphatic rings. The van der Waals surface area contributed by atoms with Crippen LogP contribution in [-0.2, 0) is 25.5 Å². The molecule has 0 bridgehead atoms. The molecule has 0 spiro atoms. The van der Waals surface area contributed by atoms with Crippen LogP contribution in [0, 0.1) is 5.92 Å². The smallest absolute Gasteiger partial charge is 0.326 e. The van der Waals surface area contributed by atoms with E-state index < -0.39 is 29.9 Å². The maximum absolute atomic E-state index is 12.3. The molecule has 0 aromatic heterocycles. The van der Waals surface area contributed by atoms with Gasteiger partial charge in [0, 0.05) is 0 Å². The lowest BCUT2D eigenvalue weighted by Crippen LogP contribution is -2.47. The topological polar surface area (TPSA) is 105 Å². The largest absolute Gasteiger partial charge is 0.480 e. The molecule has 25 heavy (non-hydrogen) atoms. The summed E-state index contributed by atoms with van der Waals surface area (Å²) in [5.74, 6) is -1.90. The van der Waals surface area contributed by atoms with Gasteiger partial charge in [0.1, 0.15) is 6.04 Å². The summed E-state index contributed by atoms with van der Waals surface area (Å²) < 4.78 is 5.53. The maximum atomic E-state index is 12.3. The molecule has 1 aromatic carbocycles. The Labute approximate surface area is 146 Å². The van der Waals surface area contributed by atoms with Crippen molar-refractivity contribution in [1.29, 1.82) is 0 Å². The van der Waals surface area contributed by atoms with Crippen LogP contribution in [0.15, 0.2) is 24.3 Å². The number of amides is 2. The zero-order valence-corrected chi connectivity index (χ0v) is 14.5. The van der Waals surface area contributed by atoms with Gasteiger partial charge in [0.25, 0.3) is 5.91 Å². The van der Waals surface area contributed by atoms with E-state index >= 15 is 0 Å². The van der Waals surface area contributed by atoms with Crippen molar-refractivity contribution >= 4 is 17.8 Å². The Kier molecular flexibility index (Phi) is 6.52. The Morgan fingerprint density at radius 2 is 2.00 bits per heavy atom. The lowest BCUT2D eigenvalue weighted by Gasteiger charge is -2.25. The van der Waals surface area contributed by atoms with Gasteiger partial charge in [-0.1, -0.05) is 38.1 Å². The van der Waals surface area contributed by atoms with Gasteiger partial charge < -0.3 is 20.5 Å². The van der Waals surface area contributed by atoms with Gasteiger partial charge in [-0.05, 0) is 29.9 Å². The van der Waals surface area contributed by atoms with Crippen molar-refractivity contribution < 1.29 is 24.2 Å². The number of carboxylic acid groups (broad SMARTS) is 1. The first-order chi connectivity index (χ1) is 11.9. The van der Waals surface area contributed by atoms with E-state index in [-0.39, 0.29) is 12.5 Å². The first-order valence-electron chi connectivity index (χ1n) is 8.37. The molecule has 3 N–H and O–H groups in total. The number of fused-ring (bicyclic) bond motifs is 1. The average Bonchev–Trinajstić information content (AvgIpc) is 2.58. The Bertz CT molecular complexity index is 644. The predicted octanol–water partition coefficient (Wildman–Crippen LogP) is 1.03. The first kappa shape index (κ1) is 18.9. The second kappa shape index (κ2) is 8.62. The van der Waals surface area contributed by atoms with Gasteiger partial charge in [0.05, 0.1) is 13.2 Å². The standard InChI is InChI=1S/C18H24N2O5/c1-11(2)9-14(18(23)24)20-15(21)10-19-17(22)16-13-6-4-3-5-12(13)7-8-25-16/h3-6,11,14,16H,7-10H2,1-2H3,(H,19,22)(H,20,21)(H,23,24)/t14-,16?/m0/s1. The molecule has 2 atom stereocenters. The molecule has 0 fully saturated rings. The molecular weight excluding hydrogens is 324 g/mol. The summed E-state index contributed by atoms with van der Waals surface area (Å²) in [6.45, 7) is 3.91. The van der Waals surface area contributed by atoms with Gasteiger partial charge in [0.15, 0.2) is 6.10 Å². The quantitative estimate of drug-likeness (QED) is 0.683. The maximum Gasteiger partial charge on any atom is 0.326 e. The molecule has 136 valence electrons. The van der Waals surface area contributed by atoms with Crippen LogP contribution in [0.1, 0.15) is 37.5 Å². The molecule has 1 heterocycles. The molecule has 0 saturated heterocycles. The summed E-state index contributed by atoms with van der Waals surface area (Å²) in [5, 5.41) is 14.1. The van der Waals surface area contributed by atoms with Gasteiger partial charge in [-0.25, -0.2) is 4.79 Å². The Morgan fingerprint density at radius 1 is 1.28 bits per heavy atom. The number of nitrogens with one attached hydrogen (secondary N) is 2. The third-order valence-corrected chi connectivity index (χ3v) is 4.00. The summed E-state index contributed by atoms with van der Waals surface area (Å²) in [7, 11) is 0. The fourth-order valence-electron chi connectivity index (χ4n) is 2.81. The summed E-state index contributed by atoms with van der Waals surface area (Å²) in [4.78, 5) is 35.4. The van der Waals surface area contributed by atoms with Crippen molar-refractivity contribution in [3.8, 4) is 0 Å². The Hall–Kier alpha value is -2.41. The second-order valence-electron chi connectivity index (χ2n) is 6.51. The summed E-state index contributed by atoms with van der Waals surface area (Å²) >= 11 is 0. The summed E-state index contributed by atoms with van der Waals surface area (Å²) in [6.07, 6.45) is 0.327. The van der Waals surface area contributed by atoms with Gasteiger partial charge in [0.2, 0.25) is 5.91 Å². The van der Waals surface area contributed by atoms with Gasteiger partial charge in [-0.3, -0.25) is 9.59 Å². The van der Waals surface area contributed by atoms with E-state index in [1.807, 2.05) is 38.1 Å². The van der Waals surface area contributed by atoms with Crippen molar-refractivity contribution in [3.05, 3.63) is 35.4 Å². The third kappa shape index (κ3) is 5.29. The van der Waals surface area contributed by atoms with Gasteiger partial charge in [-0.15, -0.1) is 0 Å². The first-order valence-corrected chi connectivity index (χ1v) is 8.37. The monoisotopic (exact) mass is 348 g/mol. The third-order valence-electron chi connectivity index (χ3n) is 4.00. The van der Waals surface area contributed by atoms with Crippen LogP contribution in [0.3, 0.4) is 0 Å². The highest BCUT2D eigenvalue weighted by Gasteiger charge is 2.28. The molecule has 0 radical (unpaired) electrons. The van der Waals surface area contributed by atoms with Crippen LogP contribution in [0.25, 0.3) is 0 Å². The highest BCUT2D eigenvalue weighted by molar-refractivity contribution is 5.89. The lowest BCUT2D eigenvalue weighted by molar-refractivity contribution is -0.142. The molecule has 0 saturated carbocycles. The number of rotatable bonds is 7. The molecule has 1 aliphatic heterocycles. The fourth-order valence-corrected chi connectivity index (χ4v) is 2.81. The number of aliphatic carboxylic acids is 1. The Morgan fingerprint density at radius 3 is 2.68 bits per heavy atom. The number of benzene rings is 1. The van der Waals surface area contributed by atoms with E-state index in [2.05, 4.69) is 10.6 Å². The van der Waals surface area contributed by atoms with E-state index in [1.54, 1.807) is 0 Å². The number of ether oxygens (including phenoxy) is 1. The zero-order valence-electron chi connectivity index (χ0n) is 14.5. The lowest BCUT2D eigenvalue weighted by atomic mass is 9.97. The molecule has 2 rings (SSSR count). The van der Waals surface area contributed by atoms with Crippen LogP contribution in [0.4, 0.5) is 0 Å². The minimum Gasteiger partial charge on any atom is -0.480 e. The van der Waals surface area contributed by atoms with Crippen molar-refractivity contribution in [1.82, 2.24) is 10.6 Å². The van der Waals surface area contributed by atoms with E-state index in [1.165, 1.54) is 0 Å². The van der Waals surface area contributed by atoms with E-state index in [0.717, 1.165) is 17.5 Å². The van der Waals surface area contributed by atoms with E-state index in [0.29, 0.717) is 13.0 Å². The molecule has 0 aliphatic carbocycles. The van der Waals surface area contributed by atoms with Crippen molar-refractivity contribution in [3.63, 3.8) is 0 Å². The summed E-state index contributed by atoms with van der Waals surface area (Å²) in [6, 6.07) is 6.57. The highest BCUT2D eigenvalue weighted by atomic mass is 16.5. The molecular formula is C18H24N2O5.